The zero-order valence-electron chi connectivity index (χ0n) is 6.31. The van der Waals surface area contributed by atoms with Gasteiger partial charge in [0.05, 0.1) is 11.3 Å². The molecule has 0 aliphatic heterocycles. The van der Waals surface area contributed by atoms with Crippen LogP contribution in [0.2, 0.25) is 0 Å². The van der Waals surface area contributed by atoms with Crippen LogP contribution in [0.15, 0.2) is 10.9 Å². The van der Waals surface area contributed by atoms with E-state index in [9.17, 15) is 0 Å². The molecule has 2 aromatic heterocycles. The average Bonchev–Trinajstić information content (AvgIpc) is 2.61. The number of nitrogen functional groups attached to an aromatic ring is 1. The number of hydrogen-bond donors (Lipinski definition) is 1. The van der Waals surface area contributed by atoms with Crippen LogP contribution in [0.1, 0.15) is 5.69 Å². The number of nitrogens with zero attached hydrogens (tertiary/aromatic N) is 3. The summed E-state index contributed by atoms with van der Waals surface area (Å²) in [6.45, 7) is 1.85. The Morgan fingerprint density at radius 3 is 2.92 bits per heavy atom. The smallest absolute Gasteiger partial charge is 0.262 e. The zero-order chi connectivity index (χ0) is 8.55. The van der Waals surface area contributed by atoms with Crippen molar-refractivity contribution < 1.29 is 4.52 Å². The van der Waals surface area contributed by atoms with Gasteiger partial charge < -0.3 is 10.3 Å². The lowest BCUT2D eigenvalue weighted by Gasteiger charge is -1.90. The number of anilines is 1. The fourth-order valence-electron chi connectivity index (χ4n) is 0.931. The molecule has 0 aliphatic rings. The van der Waals surface area contributed by atoms with Crippen LogP contribution in [0, 0.1) is 6.92 Å². The third kappa shape index (κ3) is 0.964. The van der Waals surface area contributed by atoms with E-state index in [1.165, 1.54) is 17.9 Å². The van der Waals surface area contributed by atoms with Gasteiger partial charge in [0.25, 0.3) is 5.89 Å². The molecular formula is C6H6N4OS. The molecule has 0 atom stereocenters. The lowest BCUT2D eigenvalue weighted by molar-refractivity contribution is 0.430. The molecule has 0 radical (unpaired) electrons. The van der Waals surface area contributed by atoms with E-state index in [2.05, 4.69) is 14.5 Å². The molecule has 0 bridgehead atoms. The molecular weight excluding hydrogens is 176 g/mol. The van der Waals surface area contributed by atoms with E-state index < -0.39 is 0 Å². The maximum atomic E-state index is 5.66. The Kier molecular flexibility index (Phi) is 1.54. The highest BCUT2D eigenvalue weighted by atomic mass is 32.1. The van der Waals surface area contributed by atoms with Crippen LogP contribution in [0.4, 0.5) is 5.00 Å². The van der Waals surface area contributed by atoms with E-state index in [1.807, 2.05) is 6.92 Å². The van der Waals surface area contributed by atoms with Crippen LogP contribution in [-0.4, -0.2) is 14.5 Å². The second-order valence-electron chi connectivity index (χ2n) is 2.25. The Morgan fingerprint density at radius 2 is 2.42 bits per heavy atom. The maximum absolute atomic E-state index is 5.66. The van der Waals surface area contributed by atoms with Gasteiger partial charge in [-0.15, -0.1) is 0 Å². The maximum Gasteiger partial charge on any atom is 0.262 e. The molecule has 0 amide bonds. The van der Waals surface area contributed by atoms with Crippen molar-refractivity contribution in [2.24, 2.45) is 0 Å². The fourth-order valence-corrected chi connectivity index (χ4v) is 1.58. The van der Waals surface area contributed by atoms with Crippen molar-refractivity contribution in [3.8, 4) is 11.5 Å². The van der Waals surface area contributed by atoms with Gasteiger partial charge in [-0.1, -0.05) is 5.16 Å². The monoisotopic (exact) mass is 182 g/mol. The number of aromatic nitrogens is 3. The van der Waals surface area contributed by atoms with Gasteiger partial charge >= 0.3 is 0 Å². The standard InChI is InChI=1S/C6H6N4OS/c1-3-4(5(7)12-10-3)6-8-2-9-11-6/h2H,7H2,1H3. The summed E-state index contributed by atoms with van der Waals surface area (Å²) in [4.78, 5) is 3.89. The number of aryl methyl sites for hydroxylation is 1. The predicted molar refractivity (Wildman–Crippen MR) is 44.6 cm³/mol. The van der Waals surface area contributed by atoms with Gasteiger partial charge in [-0.2, -0.15) is 9.36 Å². The predicted octanol–water partition coefficient (Wildman–Crippen LogP) is 1.08. The number of hydrogen-bond acceptors (Lipinski definition) is 6. The van der Waals surface area contributed by atoms with E-state index in [4.69, 9.17) is 10.3 Å². The molecule has 5 nitrogen and oxygen atoms in total. The van der Waals surface area contributed by atoms with Crippen LogP contribution >= 0.6 is 11.5 Å². The minimum Gasteiger partial charge on any atom is -0.389 e. The second kappa shape index (κ2) is 2.56. The van der Waals surface area contributed by atoms with Crippen LogP contribution in [0.25, 0.3) is 11.5 Å². The first-order valence-corrected chi connectivity index (χ1v) is 4.05. The van der Waals surface area contributed by atoms with E-state index in [0.29, 0.717) is 10.9 Å². The molecule has 12 heavy (non-hydrogen) atoms. The van der Waals surface area contributed by atoms with Crippen molar-refractivity contribution in [2.75, 3.05) is 5.73 Å². The highest BCUT2D eigenvalue weighted by Gasteiger charge is 2.14. The lowest BCUT2D eigenvalue weighted by atomic mass is 10.2. The van der Waals surface area contributed by atoms with Crippen LogP contribution in [-0.2, 0) is 0 Å². The van der Waals surface area contributed by atoms with Gasteiger partial charge in [0.2, 0.25) is 0 Å². The highest BCUT2D eigenvalue weighted by Crippen LogP contribution is 2.30. The molecule has 2 aromatic rings. The summed E-state index contributed by atoms with van der Waals surface area (Å²) in [5.74, 6) is 0.429. The molecule has 0 unspecified atom stereocenters. The van der Waals surface area contributed by atoms with E-state index in [1.54, 1.807) is 0 Å². The molecule has 2 heterocycles. The molecule has 0 saturated heterocycles. The fraction of sp³-hybridized carbons (Fsp3) is 0.167. The summed E-state index contributed by atoms with van der Waals surface area (Å²) in [6.07, 6.45) is 1.34. The van der Waals surface area contributed by atoms with Crippen molar-refractivity contribution in [3.63, 3.8) is 0 Å². The first-order chi connectivity index (χ1) is 5.79. The first-order valence-electron chi connectivity index (χ1n) is 3.28. The van der Waals surface area contributed by atoms with Crippen molar-refractivity contribution in [3.05, 3.63) is 12.0 Å². The molecule has 2 rings (SSSR count). The normalized spacial score (nSPS) is 10.4. The van der Waals surface area contributed by atoms with Gasteiger partial charge in [-0.25, -0.2) is 0 Å². The molecule has 6 heteroatoms. The quantitative estimate of drug-likeness (QED) is 0.714. The molecule has 0 aromatic carbocycles. The van der Waals surface area contributed by atoms with Gasteiger partial charge in [-0.3, -0.25) is 0 Å². The van der Waals surface area contributed by atoms with E-state index in [0.717, 1.165) is 11.3 Å². The summed E-state index contributed by atoms with van der Waals surface area (Å²) in [7, 11) is 0. The zero-order valence-corrected chi connectivity index (χ0v) is 7.13. The lowest BCUT2D eigenvalue weighted by Crippen LogP contribution is -1.85. The van der Waals surface area contributed by atoms with Crippen LogP contribution in [0.3, 0.4) is 0 Å². The number of nitrogens with two attached hydrogens (primary N) is 1. The molecule has 0 aliphatic carbocycles. The molecule has 0 saturated carbocycles. The molecule has 62 valence electrons. The Hall–Kier alpha value is -1.43. The van der Waals surface area contributed by atoms with Crippen molar-refractivity contribution in [1.82, 2.24) is 14.5 Å². The van der Waals surface area contributed by atoms with Crippen molar-refractivity contribution >= 4 is 16.5 Å². The topological polar surface area (TPSA) is 77.8 Å². The summed E-state index contributed by atoms with van der Waals surface area (Å²) >= 11 is 1.23. The summed E-state index contributed by atoms with van der Waals surface area (Å²) in [6, 6.07) is 0. The Morgan fingerprint density at radius 1 is 1.58 bits per heavy atom. The highest BCUT2D eigenvalue weighted by molar-refractivity contribution is 7.10. The number of rotatable bonds is 1. The Labute approximate surface area is 72.4 Å². The van der Waals surface area contributed by atoms with Crippen molar-refractivity contribution in [1.29, 1.82) is 0 Å². The van der Waals surface area contributed by atoms with E-state index >= 15 is 0 Å². The van der Waals surface area contributed by atoms with Crippen molar-refractivity contribution in [2.45, 2.75) is 6.92 Å². The Balaban J connectivity index is 2.60. The molecule has 0 fully saturated rings. The average molecular weight is 182 g/mol. The third-order valence-electron chi connectivity index (χ3n) is 1.46. The van der Waals surface area contributed by atoms with Crippen LogP contribution in [0.5, 0.6) is 0 Å². The van der Waals surface area contributed by atoms with Gasteiger partial charge in [0.15, 0.2) is 6.33 Å². The first kappa shape index (κ1) is 7.23. The Bertz CT molecular complexity index is 361. The van der Waals surface area contributed by atoms with Gasteiger partial charge in [-0.05, 0) is 18.5 Å². The largest absolute Gasteiger partial charge is 0.389 e. The third-order valence-corrected chi connectivity index (χ3v) is 2.23. The van der Waals surface area contributed by atoms with E-state index in [-0.39, 0.29) is 0 Å². The molecule has 0 spiro atoms. The minimum absolute atomic E-state index is 0.429. The minimum atomic E-state index is 0.429. The van der Waals surface area contributed by atoms with Crippen LogP contribution < -0.4 is 5.73 Å². The summed E-state index contributed by atoms with van der Waals surface area (Å²) < 4.78 is 8.93. The second-order valence-corrected chi connectivity index (χ2v) is 3.06. The summed E-state index contributed by atoms with van der Waals surface area (Å²) in [5, 5.41) is 4.10. The SMILES string of the molecule is Cc1nsc(N)c1-c1ncno1. The van der Waals surface area contributed by atoms with Gasteiger partial charge in [0.1, 0.15) is 5.00 Å². The van der Waals surface area contributed by atoms with Gasteiger partial charge in [0, 0.05) is 0 Å². The molecule has 2 N–H and O–H groups in total. The summed E-state index contributed by atoms with van der Waals surface area (Å²) in [5.41, 5.74) is 7.23.